The molecule has 4 heteroatoms. The lowest BCUT2D eigenvalue weighted by Crippen LogP contribution is -2.18. The van der Waals surface area contributed by atoms with Gasteiger partial charge in [0, 0.05) is 6.54 Å². The minimum absolute atomic E-state index is 0.190. The van der Waals surface area contributed by atoms with Gasteiger partial charge in [-0.05, 0) is 42.3 Å². The van der Waals surface area contributed by atoms with Gasteiger partial charge in [-0.1, -0.05) is 20.8 Å². The van der Waals surface area contributed by atoms with Gasteiger partial charge in [0.05, 0.1) is 22.7 Å². The zero-order valence-electron chi connectivity index (χ0n) is 10.9. The van der Waals surface area contributed by atoms with Crippen molar-refractivity contribution in [3.63, 3.8) is 0 Å². The standard InChI is InChI=1S/C14H17N3S/c1-4-14(2,3)9-17-12-7-10(8-15)5-6-11(12)16-13(17)18/h5-7H,4,9H2,1-3H3,(H,16,18). The first-order chi connectivity index (χ1) is 8.46. The molecule has 2 rings (SSSR count). The third kappa shape index (κ3) is 2.32. The summed E-state index contributed by atoms with van der Waals surface area (Å²) in [6, 6.07) is 7.79. The van der Waals surface area contributed by atoms with Crippen LogP contribution in [0.1, 0.15) is 32.8 Å². The molecular formula is C14H17N3S. The van der Waals surface area contributed by atoms with Crippen molar-refractivity contribution in [2.75, 3.05) is 0 Å². The number of H-pyrrole nitrogens is 1. The Labute approximate surface area is 112 Å². The Morgan fingerprint density at radius 3 is 2.78 bits per heavy atom. The van der Waals surface area contributed by atoms with Crippen LogP contribution < -0.4 is 0 Å². The van der Waals surface area contributed by atoms with Crippen LogP contribution in [0.15, 0.2) is 18.2 Å². The number of benzene rings is 1. The van der Waals surface area contributed by atoms with Crippen LogP contribution in [-0.2, 0) is 6.54 Å². The number of aromatic nitrogens is 2. The van der Waals surface area contributed by atoms with Crippen LogP contribution in [0.3, 0.4) is 0 Å². The largest absolute Gasteiger partial charge is 0.331 e. The summed E-state index contributed by atoms with van der Waals surface area (Å²) in [5.74, 6) is 0. The van der Waals surface area contributed by atoms with Gasteiger partial charge in [0.25, 0.3) is 0 Å². The summed E-state index contributed by atoms with van der Waals surface area (Å²) >= 11 is 5.37. The van der Waals surface area contributed by atoms with Crippen LogP contribution in [-0.4, -0.2) is 9.55 Å². The zero-order chi connectivity index (χ0) is 13.3. The van der Waals surface area contributed by atoms with Gasteiger partial charge in [-0.3, -0.25) is 0 Å². The lowest BCUT2D eigenvalue weighted by atomic mass is 9.90. The highest BCUT2D eigenvalue weighted by molar-refractivity contribution is 7.71. The average molecular weight is 259 g/mol. The van der Waals surface area contributed by atoms with E-state index >= 15 is 0 Å². The molecule has 1 N–H and O–H groups in total. The molecule has 0 fully saturated rings. The Kier molecular flexibility index (Phi) is 3.27. The fourth-order valence-corrected chi connectivity index (χ4v) is 2.19. The molecule has 0 radical (unpaired) electrons. The second-order valence-corrected chi connectivity index (χ2v) is 5.76. The summed E-state index contributed by atoms with van der Waals surface area (Å²) in [5, 5.41) is 8.98. The summed E-state index contributed by atoms with van der Waals surface area (Å²) in [7, 11) is 0. The number of imidazole rings is 1. The SMILES string of the molecule is CCC(C)(C)Cn1c(=S)[nH]c2ccc(C#N)cc21. The van der Waals surface area contributed by atoms with Crippen molar-refractivity contribution in [2.24, 2.45) is 5.41 Å². The summed E-state index contributed by atoms with van der Waals surface area (Å²) in [4.78, 5) is 3.19. The topological polar surface area (TPSA) is 44.5 Å². The second kappa shape index (κ2) is 4.58. The van der Waals surface area contributed by atoms with Crippen LogP contribution in [0.2, 0.25) is 0 Å². The number of hydrogen-bond donors (Lipinski definition) is 1. The molecule has 2 aromatic rings. The molecule has 3 nitrogen and oxygen atoms in total. The number of nitriles is 1. The third-order valence-electron chi connectivity index (χ3n) is 3.45. The van der Waals surface area contributed by atoms with Crippen molar-refractivity contribution in [2.45, 2.75) is 33.7 Å². The number of fused-ring (bicyclic) bond motifs is 1. The van der Waals surface area contributed by atoms with Gasteiger partial charge < -0.3 is 9.55 Å². The monoisotopic (exact) mass is 259 g/mol. The van der Waals surface area contributed by atoms with Crippen LogP contribution in [0.4, 0.5) is 0 Å². The molecular weight excluding hydrogens is 242 g/mol. The zero-order valence-corrected chi connectivity index (χ0v) is 11.8. The molecule has 18 heavy (non-hydrogen) atoms. The predicted molar refractivity (Wildman–Crippen MR) is 75.9 cm³/mol. The van der Waals surface area contributed by atoms with E-state index in [0.29, 0.717) is 5.56 Å². The van der Waals surface area contributed by atoms with Crippen molar-refractivity contribution in [3.8, 4) is 6.07 Å². The Balaban J connectivity index is 2.59. The molecule has 1 aromatic heterocycles. The van der Waals surface area contributed by atoms with E-state index in [4.69, 9.17) is 17.5 Å². The van der Waals surface area contributed by atoms with E-state index in [0.717, 1.165) is 28.8 Å². The molecule has 0 amide bonds. The fraction of sp³-hybridized carbons (Fsp3) is 0.429. The molecule has 0 aliphatic carbocycles. The van der Waals surface area contributed by atoms with E-state index < -0.39 is 0 Å². The van der Waals surface area contributed by atoms with Gasteiger partial charge in [-0.15, -0.1) is 0 Å². The molecule has 0 spiro atoms. The highest BCUT2D eigenvalue weighted by Gasteiger charge is 2.18. The van der Waals surface area contributed by atoms with Crippen molar-refractivity contribution < 1.29 is 0 Å². The van der Waals surface area contributed by atoms with Gasteiger partial charge in [0.1, 0.15) is 0 Å². The van der Waals surface area contributed by atoms with Crippen molar-refractivity contribution in [1.29, 1.82) is 5.26 Å². The van der Waals surface area contributed by atoms with Gasteiger partial charge in [0.15, 0.2) is 4.77 Å². The van der Waals surface area contributed by atoms with E-state index in [1.165, 1.54) is 0 Å². The van der Waals surface area contributed by atoms with Gasteiger partial charge in [-0.2, -0.15) is 5.26 Å². The predicted octanol–water partition coefficient (Wildman–Crippen LogP) is 4.01. The van der Waals surface area contributed by atoms with E-state index in [1.54, 1.807) is 0 Å². The maximum Gasteiger partial charge on any atom is 0.178 e. The molecule has 94 valence electrons. The van der Waals surface area contributed by atoms with E-state index in [2.05, 4.69) is 36.4 Å². The molecule has 1 heterocycles. The maximum atomic E-state index is 8.98. The number of nitrogens with one attached hydrogen (secondary N) is 1. The number of hydrogen-bond acceptors (Lipinski definition) is 2. The first kappa shape index (κ1) is 12.8. The molecule has 0 aliphatic heterocycles. The number of aromatic amines is 1. The fourth-order valence-electron chi connectivity index (χ4n) is 1.92. The quantitative estimate of drug-likeness (QED) is 0.846. The lowest BCUT2D eigenvalue weighted by Gasteiger charge is -2.23. The van der Waals surface area contributed by atoms with Crippen LogP contribution in [0.25, 0.3) is 11.0 Å². The summed E-state index contributed by atoms with van der Waals surface area (Å²) < 4.78 is 2.82. The molecule has 0 unspecified atom stereocenters. The first-order valence-corrected chi connectivity index (χ1v) is 6.50. The van der Waals surface area contributed by atoms with Crippen LogP contribution in [0, 0.1) is 21.5 Å². The minimum Gasteiger partial charge on any atom is -0.331 e. The Morgan fingerprint density at radius 2 is 2.17 bits per heavy atom. The summed E-state index contributed by atoms with van der Waals surface area (Å²) in [6.07, 6.45) is 1.08. The third-order valence-corrected chi connectivity index (χ3v) is 3.77. The Bertz CT molecular complexity index is 670. The Hall–Kier alpha value is -1.60. The molecule has 0 saturated heterocycles. The van der Waals surface area contributed by atoms with Gasteiger partial charge in [-0.25, -0.2) is 0 Å². The normalized spacial score (nSPS) is 11.7. The molecule has 0 bridgehead atoms. The van der Waals surface area contributed by atoms with Crippen molar-refractivity contribution in [3.05, 3.63) is 28.5 Å². The van der Waals surface area contributed by atoms with Gasteiger partial charge in [0.2, 0.25) is 0 Å². The first-order valence-electron chi connectivity index (χ1n) is 6.09. The lowest BCUT2D eigenvalue weighted by molar-refractivity contribution is 0.297. The number of nitrogens with zero attached hydrogens (tertiary/aromatic N) is 2. The van der Waals surface area contributed by atoms with Crippen LogP contribution >= 0.6 is 12.2 Å². The highest BCUT2D eigenvalue weighted by Crippen LogP contribution is 2.25. The summed E-state index contributed by atoms with van der Waals surface area (Å²) in [6.45, 7) is 7.49. The summed E-state index contributed by atoms with van der Waals surface area (Å²) in [5.41, 5.74) is 2.86. The second-order valence-electron chi connectivity index (χ2n) is 5.38. The average Bonchev–Trinajstić information content (AvgIpc) is 2.65. The molecule has 0 saturated carbocycles. The van der Waals surface area contributed by atoms with Gasteiger partial charge >= 0.3 is 0 Å². The smallest absolute Gasteiger partial charge is 0.178 e. The molecule has 0 aliphatic rings. The number of rotatable bonds is 3. The Morgan fingerprint density at radius 1 is 1.44 bits per heavy atom. The van der Waals surface area contributed by atoms with E-state index in [1.807, 2.05) is 18.2 Å². The molecule has 0 atom stereocenters. The molecule has 1 aromatic carbocycles. The van der Waals surface area contributed by atoms with Crippen molar-refractivity contribution in [1.82, 2.24) is 9.55 Å². The van der Waals surface area contributed by atoms with Crippen LogP contribution in [0.5, 0.6) is 0 Å². The van der Waals surface area contributed by atoms with E-state index in [-0.39, 0.29) is 5.41 Å². The minimum atomic E-state index is 0.190. The van der Waals surface area contributed by atoms with Crippen molar-refractivity contribution >= 4 is 23.3 Å². The maximum absolute atomic E-state index is 8.98. The highest BCUT2D eigenvalue weighted by atomic mass is 32.1. The van der Waals surface area contributed by atoms with E-state index in [9.17, 15) is 0 Å².